The Bertz CT molecular complexity index is 2710. The molecule has 88 heavy (non-hydrogen) atoms. The number of hydrogen-bond donors (Lipinski definition) is 12. The molecule has 0 bridgehead atoms. The number of ether oxygens (including phenoxy) is 3. The Morgan fingerprint density at radius 2 is 1.03 bits per heavy atom. The van der Waals surface area contributed by atoms with Crippen molar-refractivity contribution in [1.29, 1.82) is 0 Å². The van der Waals surface area contributed by atoms with Crippen LogP contribution in [0.25, 0.3) is 0 Å². The molecule has 492 valence electrons. The summed E-state index contributed by atoms with van der Waals surface area (Å²) in [5, 5.41) is 91.1. The van der Waals surface area contributed by atoms with E-state index in [2.05, 4.69) is 77.4 Å². The van der Waals surface area contributed by atoms with Crippen molar-refractivity contribution in [2.45, 2.75) is 189 Å². The first-order valence-electron chi connectivity index (χ1n) is 30.7. The van der Waals surface area contributed by atoms with Gasteiger partial charge < -0.3 is 76.3 Å². The standard InChI is InChI=1S/C25H37NO4.C20H31NO5.C12H18ClNO.C12H20N2O3/c27-20-23-18-22(13-14-24(23)28)25(29)19-26-15-7-1-2-8-16-30-17-9-6-12-21-10-4-3-5-11-21;1-12(2)18(23)25-15-8-14(17(22)11-21-20(5,6)7)9-16(10-15)26-19(24)13(3)4;1-12(2,3)14-8-11(15)9-6-4-5-7-10(9)13;1-12(2,3)13-6-11(17)8-4-5-10(16)9(7-15)14-8/h3-5,10-11,13-14,18,25-29H,1-2,6-9,12,15-17,19-20H2;8-10,12-13,17,21-22H,11H2,1-7H3;4-7,11,14-15H,8H2,1-3H3;4-5,11,13,15-17H,6-7H2,1-3H3. The fraction of sp³-hybridized carbons (Fsp3) is 0.551. The molecule has 1 aromatic heterocycles. The molecular weight excluding hydrogens is 1140 g/mol. The predicted octanol–water partition coefficient (Wildman–Crippen LogP) is 10.8. The lowest BCUT2D eigenvalue weighted by Crippen LogP contribution is -2.38. The molecule has 19 heteroatoms. The molecule has 18 nitrogen and oxygen atoms in total. The SMILES string of the molecule is CC(C)(C)NCC(O)c1ccc(O)c(CO)n1.CC(C)(C)NCC(O)c1ccccc1Cl.CC(C)C(=O)Oc1cc(OC(=O)C(C)C)cc(C(O)CNC(C)(C)C)c1.OCc1cc(C(O)CNCCCCCCOCCCCc2ccccc2)ccc1O. The number of esters is 2. The number of carbonyl (C=O) groups is 2. The minimum absolute atomic E-state index is 0.00222. The van der Waals surface area contributed by atoms with Gasteiger partial charge in [0.2, 0.25) is 0 Å². The topological polar surface area (TPSA) is 285 Å². The zero-order chi connectivity index (χ0) is 66.0. The van der Waals surface area contributed by atoms with Crippen molar-refractivity contribution in [2.24, 2.45) is 11.8 Å². The lowest BCUT2D eigenvalue weighted by Gasteiger charge is -2.23. The molecule has 5 rings (SSSR count). The summed E-state index contributed by atoms with van der Waals surface area (Å²) in [6, 6.07) is 30.4. The molecule has 0 amide bonds. The van der Waals surface area contributed by atoms with Crippen LogP contribution in [0.1, 0.15) is 192 Å². The molecule has 12 N–H and O–H groups in total. The zero-order valence-corrected chi connectivity index (χ0v) is 55.3. The van der Waals surface area contributed by atoms with E-state index in [1.165, 1.54) is 30.2 Å². The number of aromatic nitrogens is 1. The summed E-state index contributed by atoms with van der Waals surface area (Å²) < 4.78 is 16.4. The average molecular weight is 1250 g/mol. The lowest BCUT2D eigenvalue weighted by atomic mass is 10.1. The predicted molar refractivity (Wildman–Crippen MR) is 349 cm³/mol. The number of carbonyl (C=O) groups excluding carboxylic acids is 2. The third kappa shape index (κ3) is 34.4. The van der Waals surface area contributed by atoms with Gasteiger partial charge in [0.05, 0.1) is 49.1 Å². The third-order valence-corrected chi connectivity index (χ3v) is 13.5. The van der Waals surface area contributed by atoms with E-state index in [4.69, 9.17) is 30.9 Å². The number of aryl methyl sites for hydroxylation is 1. The molecule has 0 spiro atoms. The van der Waals surface area contributed by atoms with Gasteiger partial charge in [-0.2, -0.15) is 0 Å². The van der Waals surface area contributed by atoms with Crippen LogP contribution in [0.5, 0.6) is 23.0 Å². The number of nitrogens with one attached hydrogen (secondary N) is 4. The van der Waals surface area contributed by atoms with Crippen molar-refractivity contribution in [3.63, 3.8) is 0 Å². The first-order chi connectivity index (χ1) is 41.3. The number of phenols is 1. The van der Waals surface area contributed by atoms with E-state index in [1.807, 2.05) is 59.7 Å². The highest BCUT2D eigenvalue weighted by Crippen LogP contribution is 2.29. The van der Waals surface area contributed by atoms with Gasteiger partial charge in [0.25, 0.3) is 0 Å². The number of rotatable bonds is 30. The largest absolute Gasteiger partial charge is 0.508 e. The van der Waals surface area contributed by atoms with Crippen molar-refractivity contribution >= 4 is 23.5 Å². The van der Waals surface area contributed by atoms with E-state index in [9.17, 15) is 45.3 Å². The number of aliphatic hydroxyl groups is 6. The number of benzene rings is 4. The lowest BCUT2D eigenvalue weighted by molar-refractivity contribution is -0.138. The van der Waals surface area contributed by atoms with Gasteiger partial charge in [0.15, 0.2) is 0 Å². The Morgan fingerprint density at radius 3 is 1.57 bits per heavy atom. The number of nitrogens with zero attached hydrogens (tertiary/aromatic N) is 1. The van der Waals surface area contributed by atoms with E-state index in [1.54, 1.807) is 64.1 Å². The maximum absolute atomic E-state index is 11.9. The Hall–Kier alpha value is -5.58. The Morgan fingerprint density at radius 1 is 0.534 bits per heavy atom. The van der Waals surface area contributed by atoms with Gasteiger partial charge in [-0.25, -0.2) is 4.98 Å². The summed E-state index contributed by atoms with van der Waals surface area (Å²) in [5.74, 6) is -0.924. The molecule has 4 atom stereocenters. The van der Waals surface area contributed by atoms with E-state index in [-0.39, 0.29) is 70.4 Å². The number of halogens is 1. The molecule has 4 aromatic carbocycles. The van der Waals surface area contributed by atoms with Gasteiger partial charge in [0, 0.05) is 78.2 Å². The van der Waals surface area contributed by atoms with Crippen molar-refractivity contribution in [3.05, 3.63) is 147 Å². The van der Waals surface area contributed by atoms with Crippen molar-refractivity contribution < 1.29 is 64.7 Å². The van der Waals surface area contributed by atoms with Gasteiger partial charge in [0.1, 0.15) is 34.8 Å². The highest BCUT2D eigenvalue weighted by atomic mass is 35.5. The Kier molecular flexibility index (Phi) is 36.5. The molecule has 0 aliphatic carbocycles. The van der Waals surface area contributed by atoms with Crippen LogP contribution < -0.4 is 30.7 Å². The molecule has 0 saturated heterocycles. The highest BCUT2D eigenvalue weighted by molar-refractivity contribution is 6.31. The number of β-amino-alcohol motifs (C(OH)–C–C–N with tert-alkyl or cyclic N) is 3. The molecular formula is C69H106ClN5O13. The van der Waals surface area contributed by atoms with Gasteiger partial charge in [-0.15, -0.1) is 0 Å². The molecule has 1 heterocycles. The molecule has 0 radical (unpaired) electrons. The molecule has 0 aliphatic heterocycles. The Labute approximate surface area is 529 Å². The van der Waals surface area contributed by atoms with Crippen LogP contribution in [0.2, 0.25) is 5.02 Å². The van der Waals surface area contributed by atoms with Crippen molar-refractivity contribution in [1.82, 2.24) is 26.3 Å². The van der Waals surface area contributed by atoms with Crippen LogP contribution in [-0.2, 0) is 34.0 Å². The van der Waals surface area contributed by atoms with Gasteiger partial charge in [-0.05, 0) is 160 Å². The van der Waals surface area contributed by atoms with E-state index < -0.39 is 36.4 Å². The van der Waals surface area contributed by atoms with Crippen LogP contribution in [0.4, 0.5) is 0 Å². The molecule has 5 aromatic rings. The van der Waals surface area contributed by atoms with E-state index >= 15 is 0 Å². The number of hydrogen-bond acceptors (Lipinski definition) is 18. The van der Waals surface area contributed by atoms with Crippen molar-refractivity contribution in [2.75, 3.05) is 45.9 Å². The maximum atomic E-state index is 11.9. The van der Waals surface area contributed by atoms with E-state index in [0.29, 0.717) is 53.6 Å². The monoisotopic (exact) mass is 1250 g/mol. The normalized spacial score (nSPS) is 13.0. The number of unbranched alkanes of at least 4 members (excludes halogenated alkanes) is 4. The second-order valence-corrected chi connectivity index (χ2v) is 25.9. The summed E-state index contributed by atoms with van der Waals surface area (Å²) in [4.78, 5) is 27.8. The van der Waals surface area contributed by atoms with Gasteiger partial charge >= 0.3 is 11.9 Å². The van der Waals surface area contributed by atoms with Crippen LogP contribution in [0.15, 0.2) is 103 Å². The van der Waals surface area contributed by atoms with Crippen LogP contribution >= 0.6 is 11.6 Å². The summed E-state index contributed by atoms with van der Waals surface area (Å²) in [5.41, 5.74) is 4.18. The smallest absolute Gasteiger partial charge is 0.313 e. The molecule has 0 aliphatic rings. The number of aromatic hydroxyl groups is 2. The zero-order valence-electron chi connectivity index (χ0n) is 54.5. The van der Waals surface area contributed by atoms with Gasteiger partial charge in [-0.3, -0.25) is 9.59 Å². The van der Waals surface area contributed by atoms with Crippen LogP contribution in [0, 0.1) is 11.8 Å². The van der Waals surface area contributed by atoms with Gasteiger partial charge in [-0.1, -0.05) is 107 Å². The van der Waals surface area contributed by atoms with E-state index in [0.717, 1.165) is 63.8 Å². The summed E-state index contributed by atoms with van der Waals surface area (Å²) in [6.45, 7) is 28.7. The maximum Gasteiger partial charge on any atom is 0.313 e. The third-order valence-electron chi connectivity index (χ3n) is 13.1. The first kappa shape index (κ1) is 78.5. The summed E-state index contributed by atoms with van der Waals surface area (Å²) in [7, 11) is 0. The second-order valence-electron chi connectivity index (χ2n) is 25.4. The molecule has 4 unspecified atom stereocenters. The second kappa shape index (κ2) is 40.9. The summed E-state index contributed by atoms with van der Waals surface area (Å²) >= 11 is 5.98. The minimum atomic E-state index is -0.844. The van der Waals surface area contributed by atoms with Crippen LogP contribution in [0.3, 0.4) is 0 Å². The van der Waals surface area contributed by atoms with Crippen LogP contribution in [-0.4, -0.2) is 120 Å². The quantitative estimate of drug-likeness (QED) is 0.0116. The highest BCUT2D eigenvalue weighted by Gasteiger charge is 2.21. The average Bonchev–Trinajstić information content (AvgIpc) is 2.05. The number of aliphatic hydroxyl groups excluding tert-OH is 6. The van der Waals surface area contributed by atoms with Crippen molar-refractivity contribution in [3.8, 4) is 23.0 Å². The fourth-order valence-electron chi connectivity index (χ4n) is 7.85. The number of pyridine rings is 1. The molecule has 0 saturated carbocycles. The first-order valence-corrected chi connectivity index (χ1v) is 31.1. The fourth-order valence-corrected chi connectivity index (χ4v) is 8.12. The summed E-state index contributed by atoms with van der Waals surface area (Å²) in [6.07, 6.45) is 5.07. The minimum Gasteiger partial charge on any atom is -0.508 e. The Balaban J connectivity index is 0.000000415. The molecule has 0 fully saturated rings.